The summed E-state index contributed by atoms with van der Waals surface area (Å²) in [5, 5.41) is 9.13. The highest BCUT2D eigenvalue weighted by Gasteiger charge is 2.07. The lowest BCUT2D eigenvalue weighted by Gasteiger charge is -2.08. The molecule has 0 aromatic heterocycles. The number of nitrogen functional groups attached to an aromatic ring is 1. The number of aliphatic hydroxyl groups is 1. The number of para-hydroxylation sites is 1. The number of methoxy groups -OCH3 is 1. The summed E-state index contributed by atoms with van der Waals surface area (Å²) in [6.45, 7) is 3.40. The Morgan fingerprint density at radius 2 is 2.25 bits per heavy atom. The molecule has 0 unspecified atom stereocenters. The molecule has 1 aromatic rings. The molecule has 1 aromatic carbocycles. The van der Waals surface area contributed by atoms with E-state index in [0.29, 0.717) is 17.0 Å². The molecule has 1 rings (SSSR count). The Labute approximate surface area is 71.1 Å². The van der Waals surface area contributed by atoms with Crippen molar-refractivity contribution < 1.29 is 9.84 Å². The molecule has 0 aliphatic rings. The fourth-order valence-corrected chi connectivity index (χ4v) is 1.01. The fraction of sp³-hybridized carbons (Fsp3) is 0.111. The molecule has 3 heteroatoms. The van der Waals surface area contributed by atoms with Gasteiger partial charge in [0.2, 0.25) is 0 Å². The summed E-state index contributed by atoms with van der Waals surface area (Å²) < 4.78 is 4.99. The number of ether oxygens (including phenoxy) is 1. The molecule has 0 fully saturated rings. The predicted octanol–water partition coefficient (Wildman–Crippen LogP) is 1.81. The average molecular weight is 165 g/mol. The monoisotopic (exact) mass is 165 g/mol. The minimum absolute atomic E-state index is 0.0425. The van der Waals surface area contributed by atoms with Crippen LogP contribution in [-0.2, 0) is 0 Å². The highest BCUT2D eigenvalue weighted by Crippen LogP contribution is 2.29. The second-order valence-corrected chi connectivity index (χ2v) is 2.37. The van der Waals surface area contributed by atoms with E-state index < -0.39 is 0 Å². The second kappa shape index (κ2) is 3.17. The summed E-state index contributed by atoms with van der Waals surface area (Å²) in [7, 11) is 1.50. The van der Waals surface area contributed by atoms with E-state index in [1.807, 2.05) is 0 Å². The van der Waals surface area contributed by atoms with E-state index in [9.17, 15) is 0 Å². The van der Waals surface area contributed by atoms with Gasteiger partial charge >= 0.3 is 0 Å². The number of aliphatic hydroxyl groups excluding tert-OH is 1. The SMILES string of the molecule is C=C(O)c1cccc(N)c1OC. The van der Waals surface area contributed by atoms with Crippen LogP contribution in [0.3, 0.4) is 0 Å². The maximum Gasteiger partial charge on any atom is 0.152 e. The third-order valence-corrected chi connectivity index (χ3v) is 1.56. The van der Waals surface area contributed by atoms with Gasteiger partial charge in [0.05, 0.1) is 18.4 Å². The molecular formula is C9H11NO2. The lowest BCUT2D eigenvalue weighted by Crippen LogP contribution is -1.96. The molecule has 0 aliphatic heterocycles. The molecule has 3 N–H and O–H groups in total. The molecule has 0 amide bonds. The Morgan fingerprint density at radius 1 is 1.58 bits per heavy atom. The number of benzene rings is 1. The predicted molar refractivity (Wildman–Crippen MR) is 49.1 cm³/mol. The fourth-order valence-electron chi connectivity index (χ4n) is 1.01. The molecule has 12 heavy (non-hydrogen) atoms. The molecule has 0 saturated carbocycles. The van der Waals surface area contributed by atoms with Gasteiger partial charge in [-0.1, -0.05) is 12.6 Å². The molecule has 0 heterocycles. The Hall–Kier alpha value is -1.64. The van der Waals surface area contributed by atoms with Crippen molar-refractivity contribution in [3.05, 3.63) is 30.3 Å². The van der Waals surface area contributed by atoms with Gasteiger partial charge in [-0.2, -0.15) is 0 Å². The van der Waals surface area contributed by atoms with Crippen molar-refractivity contribution in [2.24, 2.45) is 0 Å². The number of rotatable bonds is 2. The van der Waals surface area contributed by atoms with Crippen molar-refractivity contribution in [3.8, 4) is 5.75 Å². The minimum Gasteiger partial charge on any atom is -0.508 e. The smallest absolute Gasteiger partial charge is 0.152 e. The summed E-state index contributed by atoms with van der Waals surface area (Å²) in [5.74, 6) is 0.421. The van der Waals surface area contributed by atoms with E-state index in [1.165, 1.54) is 7.11 Å². The van der Waals surface area contributed by atoms with Gasteiger partial charge in [0.15, 0.2) is 5.75 Å². The zero-order valence-corrected chi connectivity index (χ0v) is 6.87. The van der Waals surface area contributed by atoms with Crippen LogP contribution in [-0.4, -0.2) is 12.2 Å². The highest BCUT2D eigenvalue weighted by molar-refractivity contribution is 5.70. The summed E-state index contributed by atoms with van der Waals surface area (Å²) in [4.78, 5) is 0. The Bertz CT molecular complexity index is 307. The van der Waals surface area contributed by atoms with E-state index in [1.54, 1.807) is 18.2 Å². The molecule has 3 nitrogen and oxygen atoms in total. The van der Waals surface area contributed by atoms with E-state index in [2.05, 4.69) is 6.58 Å². The molecule has 0 atom stereocenters. The van der Waals surface area contributed by atoms with Gasteiger partial charge < -0.3 is 15.6 Å². The highest BCUT2D eigenvalue weighted by atomic mass is 16.5. The normalized spacial score (nSPS) is 9.42. The first-order valence-electron chi connectivity index (χ1n) is 3.47. The molecular weight excluding hydrogens is 154 g/mol. The van der Waals surface area contributed by atoms with Crippen molar-refractivity contribution in [1.82, 2.24) is 0 Å². The topological polar surface area (TPSA) is 55.5 Å². The lowest BCUT2D eigenvalue weighted by molar-refractivity contribution is 0.411. The van der Waals surface area contributed by atoms with Gasteiger partial charge in [-0.15, -0.1) is 0 Å². The van der Waals surface area contributed by atoms with Gasteiger partial charge in [0, 0.05) is 0 Å². The largest absolute Gasteiger partial charge is 0.508 e. The Kier molecular flexibility index (Phi) is 2.24. The van der Waals surface area contributed by atoms with Crippen LogP contribution in [0.25, 0.3) is 5.76 Å². The first kappa shape index (κ1) is 8.46. The van der Waals surface area contributed by atoms with Gasteiger partial charge in [-0.25, -0.2) is 0 Å². The quantitative estimate of drug-likeness (QED) is 0.519. The van der Waals surface area contributed by atoms with Crippen LogP contribution in [0.4, 0.5) is 5.69 Å². The summed E-state index contributed by atoms with van der Waals surface area (Å²) in [6, 6.07) is 5.12. The van der Waals surface area contributed by atoms with E-state index >= 15 is 0 Å². The van der Waals surface area contributed by atoms with Crippen LogP contribution in [0.2, 0.25) is 0 Å². The van der Waals surface area contributed by atoms with Crippen molar-refractivity contribution in [2.45, 2.75) is 0 Å². The van der Waals surface area contributed by atoms with Crippen LogP contribution in [0.5, 0.6) is 5.75 Å². The maximum atomic E-state index is 9.13. The molecule has 64 valence electrons. The van der Waals surface area contributed by atoms with Crippen LogP contribution < -0.4 is 10.5 Å². The summed E-state index contributed by atoms with van der Waals surface area (Å²) in [5.41, 5.74) is 6.61. The van der Waals surface area contributed by atoms with Crippen LogP contribution in [0, 0.1) is 0 Å². The summed E-state index contributed by atoms with van der Waals surface area (Å²) >= 11 is 0. The standard InChI is InChI=1S/C9H11NO2/c1-6(11)7-4-3-5-8(10)9(7)12-2/h3-5,11H,1,10H2,2H3. The van der Waals surface area contributed by atoms with Crippen molar-refractivity contribution in [3.63, 3.8) is 0 Å². The first-order valence-corrected chi connectivity index (χ1v) is 3.47. The van der Waals surface area contributed by atoms with E-state index in [0.717, 1.165) is 0 Å². The summed E-state index contributed by atoms with van der Waals surface area (Å²) in [6.07, 6.45) is 0. The Morgan fingerprint density at radius 3 is 2.67 bits per heavy atom. The average Bonchev–Trinajstić information content (AvgIpc) is 2.03. The number of hydrogen-bond acceptors (Lipinski definition) is 3. The molecule has 0 aliphatic carbocycles. The lowest BCUT2D eigenvalue weighted by atomic mass is 10.1. The third-order valence-electron chi connectivity index (χ3n) is 1.56. The maximum absolute atomic E-state index is 9.13. The number of anilines is 1. The first-order chi connectivity index (χ1) is 5.66. The zero-order chi connectivity index (χ0) is 9.14. The van der Waals surface area contributed by atoms with Gasteiger partial charge in [0.25, 0.3) is 0 Å². The van der Waals surface area contributed by atoms with Crippen molar-refractivity contribution in [2.75, 3.05) is 12.8 Å². The van der Waals surface area contributed by atoms with Crippen molar-refractivity contribution >= 4 is 11.4 Å². The molecule has 0 radical (unpaired) electrons. The van der Waals surface area contributed by atoms with Gasteiger partial charge in [-0.05, 0) is 12.1 Å². The van der Waals surface area contributed by atoms with Gasteiger partial charge in [-0.3, -0.25) is 0 Å². The zero-order valence-electron chi connectivity index (χ0n) is 6.87. The second-order valence-electron chi connectivity index (χ2n) is 2.37. The number of nitrogens with two attached hydrogens (primary N) is 1. The molecule has 0 bridgehead atoms. The minimum atomic E-state index is -0.0425. The van der Waals surface area contributed by atoms with Gasteiger partial charge in [0.1, 0.15) is 5.76 Å². The number of hydrogen-bond donors (Lipinski definition) is 2. The third kappa shape index (κ3) is 1.34. The van der Waals surface area contributed by atoms with Crippen LogP contribution in [0.1, 0.15) is 5.56 Å². The van der Waals surface area contributed by atoms with E-state index in [4.69, 9.17) is 15.6 Å². The van der Waals surface area contributed by atoms with Crippen molar-refractivity contribution in [1.29, 1.82) is 0 Å². The van der Waals surface area contributed by atoms with Crippen LogP contribution >= 0.6 is 0 Å². The van der Waals surface area contributed by atoms with Crippen LogP contribution in [0.15, 0.2) is 24.8 Å². The van der Waals surface area contributed by atoms with E-state index in [-0.39, 0.29) is 5.76 Å². The Balaban J connectivity index is 3.27. The molecule has 0 spiro atoms. The molecule has 0 saturated heterocycles.